The van der Waals surface area contributed by atoms with Crippen molar-refractivity contribution in [3.8, 4) is 10.7 Å². The molecule has 2 aromatic heterocycles. The number of para-hydroxylation sites is 1. The van der Waals surface area contributed by atoms with Crippen LogP contribution in [0.5, 0.6) is 0 Å². The minimum absolute atomic E-state index is 0.515. The van der Waals surface area contributed by atoms with E-state index < -0.39 is 0 Å². The fraction of sp³-hybridized carbons (Fsp3) is 0.154. The highest BCUT2D eigenvalue weighted by molar-refractivity contribution is 7.15. The van der Waals surface area contributed by atoms with Crippen LogP contribution >= 0.6 is 11.3 Å². The zero-order valence-corrected chi connectivity index (χ0v) is 11.0. The molecule has 0 aliphatic carbocycles. The van der Waals surface area contributed by atoms with E-state index >= 15 is 0 Å². The number of aromatic nitrogens is 3. The molecule has 3 rings (SSSR count). The highest BCUT2D eigenvalue weighted by atomic mass is 32.1. The first-order valence-corrected chi connectivity index (χ1v) is 6.43. The van der Waals surface area contributed by atoms with E-state index in [9.17, 15) is 0 Å². The lowest BCUT2D eigenvalue weighted by Crippen LogP contribution is -1.97. The first kappa shape index (κ1) is 11.1. The van der Waals surface area contributed by atoms with Crippen molar-refractivity contribution in [3.05, 3.63) is 35.0 Å². The van der Waals surface area contributed by atoms with Crippen molar-refractivity contribution < 1.29 is 0 Å². The van der Waals surface area contributed by atoms with Gasteiger partial charge in [-0.25, -0.2) is 15.0 Å². The number of fused-ring (bicyclic) bond motifs is 1. The van der Waals surface area contributed by atoms with Crippen molar-refractivity contribution in [1.82, 2.24) is 15.0 Å². The quantitative estimate of drug-likeness (QED) is 0.727. The first-order valence-electron chi connectivity index (χ1n) is 5.62. The average Bonchev–Trinajstić information content (AvgIpc) is 2.68. The fourth-order valence-electron chi connectivity index (χ4n) is 1.94. The highest BCUT2D eigenvalue weighted by Gasteiger charge is 2.12. The summed E-state index contributed by atoms with van der Waals surface area (Å²) in [4.78, 5) is 14.3. The monoisotopic (exact) mass is 256 g/mol. The molecular formula is C13H12N4S. The molecule has 0 bridgehead atoms. The summed E-state index contributed by atoms with van der Waals surface area (Å²) in [6.45, 7) is 3.94. The van der Waals surface area contributed by atoms with Crippen LogP contribution in [0.15, 0.2) is 24.3 Å². The third-order valence-corrected chi connectivity index (χ3v) is 3.81. The van der Waals surface area contributed by atoms with Gasteiger partial charge in [0.25, 0.3) is 0 Å². The van der Waals surface area contributed by atoms with Gasteiger partial charge in [0.05, 0.1) is 21.1 Å². The van der Waals surface area contributed by atoms with Crippen LogP contribution in [0.4, 0.5) is 5.82 Å². The van der Waals surface area contributed by atoms with Gasteiger partial charge in [-0.05, 0) is 26.0 Å². The maximum Gasteiger partial charge on any atom is 0.174 e. The van der Waals surface area contributed by atoms with Crippen molar-refractivity contribution in [3.63, 3.8) is 0 Å². The Morgan fingerprint density at radius 2 is 1.83 bits per heavy atom. The summed E-state index contributed by atoms with van der Waals surface area (Å²) in [5, 5.41) is 1.90. The Kier molecular flexibility index (Phi) is 2.48. The van der Waals surface area contributed by atoms with E-state index in [2.05, 4.69) is 15.0 Å². The molecular weight excluding hydrogens is 244 g/mol. The van der Waals surface area contributed by atoms with Crippen LogP contribution in [0.2, 0.25) is 0 Å². The number of anilines is 1. The molecule has 3 aromatic rings. The molecule has 4 nitrogen and oxygen atoms in total. The Morgan fingerprint density at radius 3 is 2.56 bits per heavy atom. The summed E-state index contributed by atoms with van der Waals surface area (Å²) < 4.78 is 0. The Balaban J connectivity index is 2.27. The van der Waals surface area contributed by atoms with Gasteiger partial charge in [0.15, 0.2) is 5.82 Å². The summed E-state index contributed by atoms with van der Waals surface area (Å²) in [5.74, 6) is 1.18. The summed E-state index contributed by atoms with van der Waals surface area (Å²) >= 11 is 1.59. The molecule has 2 N–H and O–H groups in total. The Hall–Kier alpha value is -2.01. The lowest BCUT2D eigenvalue weighted by Gasteiger charge is -2.03. The summed E-state index contributed by atoms with van der Waals surface area (Å²) in [6.07, 6.45) is 0. The molecule has 1 aromatic carbocycles. The van der Waals surface area contributed by atoms with Crippen LogP contribution in [0.1, 0.15) is 10.7 Å². The van der Waals surface area contributed by atoms with E-state index in [4.69, 9.17) is 5.73 Å². The van der Waals surface area contributed by atoms with Crippen molar-refractivity contribution in [2.45, 2.75) is 13.8 Å². The summed E-state index contributed by atoms with van der Waals surface area (Å²) in [7, 11) is 0. The van der Waals surface area contributed by atoms with E-state index in [0.717, 1.165) is 26.5 Å². The maximum atomic E-state index is 5.98. The Morgan fingerprint density at radius 1 is 1.06 bits per heavy atom. The van der Waals surface area contributed by atoms with Crippen LogP contribution in [-0.2, 0) is 0 Å². The van der Waals surface area contributed by atoms with Crippen molar-refractivity contribution in [1.29, 1.82) is 0 Å². The largest absolute Gasteiger partial charge is 0.383 e. The fourth-order valence-corrected chi connectivity index (χ4v) is 2.80. The minimum atomic E-state index is 0.515. The van der Waals surface area contributed by atoms with Gasteiger partial charge in [0.2, 0.25) is 0 Å². The molecule has 0 spiro atoms. The second-order valence-corrected chi connectivity index (χ2v) is 5.30. The number of nitrogens with two attached hydrogens (primary N) is 1. The smallest absolute Gasteiger partial charge is 0.174 e. The van der Waals surface area contributed by atoms with E-state index in [1.165, 1.54) is 0 Å². The number of hydrogen-bond acceptors (Lipinski definition) is 5. The average molecular weight is 256 g/mol. The molecule has 0 amide bonds. The molecule has 0 fully saturated rings. The van der Waals surface area contributed by atoms with Gasteiger partial charge in [0.1, 0.15) is 5.82 Å². The molecule has 18 heavy (non-hydrogen) atoms. The van der Waals surface area contributed by atoms with Gasteiger partial charge in [-0.3, -0.25) is 0 Å². The zero-order chi connectivity index (χ0) is 12.7. The highest BCUT2D eigenvalue weighted by Crippen LogP contribution is 2.29. The van der Waals surface area contributed by atoms with E-state index in [1.54, 1.807) is 11.3 Å². The third kappa shape index (κ3) is 1.73. The standard InChI is InChI=1S/C13H12N4S/c1-7-11(18-8(2)15-7)13-16-10-6-4-3-5-9(10)12(14)17-13/h3-6H,1-2H3,(H2,14,16,17). The maximum absolute atomic E-state index is 5.98. The molecule has 2 heterocycles. The minimum Gasteiger partial charge on any atom is -0.383 e. The van der Waals surface area contributed by atoms with E-state index in [0.29, 0.717) is 11.6 Å². The third-order valence-electron chi connectivity index (χ3n) is 2.74. The first-order chi connectivity index (χ1) is 8.65. The molecule has 0 radical (unpaired) electrons. The van der Waals surface area contributed by atoms with E-state index in [1.807, 2.05) is 38.1 Å². The Labute approximate surface area is 109 Å². The van der Waals surface area contributed by atoms with Gasteiger partial charge >= 0.3 is 0 Å². The van der Waals surface area contributed by atoms with E-state index in [-0.39, 0.29) is 0 Å². The van der Waals surface area contributed by atoms with Gasteiger partial charge in [-0.15, -0.1) is 11.3 Å². The number of rotatable bonds is 1. The number of aryl methyl sites for hydroxylation is 2. The zero-order valence-electron chi connectivity index (χ0n) is 10.1. The summed E-state index contributed by atoms with van der Waals surface area (Å²) in [5.41, 5.74) is 7.80. The topological polar surface area (TPSA) is 64.7 Å². The molecule has 0 aliphatic rings. The lowest BCUT2D eigenvalue weighted by molar-refractivity contribution is 1.18. The van der Waals surface area contributed by atoms with Crippen molar-refractivity contribution >= 4 is 28.1 Å². The predicted octanol–water partition coefficient (Wildman–Crippen LogP) is 2.95. The molecule has 5 heteroatoms. The molecule has 90 valence electrons. The van der Waals surface area contributed by atoms with Crippen LogP contribution in [0.25, 0.3) is 21.6 Å². The van der Waals surface area contributed by atoms with Crippen LogP contribution < -0.4 is 5.73 Å². The normalized spacial score (nSPS) is 11.0. The van der Waals surface area contributed by atoms with Crippen LogP contribution in [-0.4, -0.2) is 15.0 Å². The van der Waals surface area contributed by atoms with Crippen LogP contribution in [0.3, 0.4) is 0 Å². The van der Waals surface area contributed by atoms with Crippen molar-refractivity contribution in [2.75, 3.05) is 5.73 Å². The SMILES string of the molecule is Cc1nc(C)c(-c2nc(N)c3ccccc3n2)s1. The van der Waals surface area contributed by atoms with Gasteiger partial charge < -0.3 is 5.73 Å². The number of nitrogen functional groups attached to an aromatic ring is 1. The lowest BCUT2D eigenvalue weighted by atomic mass is 10.2. The van der Waals surface area contributed by atoms with Crippen molar-refractivity contribution in [2.24, 2.45) is 0 Å². The number of hydrogen-bond donors (Lipinski definition) is 1. The number of benzene rings is 1. The van der Waals surface area contributed by atoms with Gasteiger partial charge in [-0.2, -0.15) is 0 Å². The van der Waals surface area contributed by atoms with Gasteiger partial charge in [0, 0.05) is 5.39 Å². The Bertz CT molecular complexity index is 733. The second-order valence-electron chi connectivity index (χ2n) is 4.10. The van der Waals surface area contributed by atoms with Crippen LogP contribution in [0, 0.1) is 13.8 Å². The molecule has 0 saturated carbocycles. The summed E-state index contributed by atoms with van der Waals surface area (Å²) in [6, 6.07) is 7.76. The van der Waals surface area contributed by atoms with Gasteiger partial charge in [-0.1, -0.05) is 12.1 Å². The predicted molar refractivity (Wildman–Crippen MR) is 74.5 cm³/mol. The molecule has 0 aliphatic heterocycles. The number of nitrogens with zero attached hydrogens (tertiary/aromatic N) is 3. The molecule has 0 saturated heterocycles. The number of thiazole rings is 1. The molecule has 0 unspecified atom stereocenters. The molecule has 0 atom stereocenters. The second kappa shape index (κ2) is 4.03.